The monoisotopic (exact) mass is 272 g/mol. The van der Waals surface area contributed by atoms with E-state index in [1.165, 1.54) is 0 Å². The molecule has 0 aliphatic carbocycles. The van der Waals surface area contributed by atoms with Crippen LogP contribution >= 0.6 is 0 Å². The van der Waals surface area contributed by atoms with Crippen LogP contribution in [-0.2, 0) is 14.3 Å². The molecule has 1 aliphatic rings. The van der Waals surface area contributed by atoms with Crippen LogP contribution in [0, 0.1) is 11.8 Å². The maximum Gasteiger partial charge on any atom is 0.306 e. The second-order valence-corrected chi connectivity index (χ2v) is 5.44. The van der Waals surface area contributed by atoms with Crippen molar-refractivity contribution in [3.05, 3.63) is 0 Å². The summed E-state index contributed by atoms with van der Waals surface area (Å²) in [5.41, 5.74) is 5.67. The van der Waals surface area contributed by atoms with Gasteiger partial charge in [0.05, 0.1) is 25.0 Å². The summed E-state index contributed by atoms with van der Waals surface area (Å²) in [7, 11) is 0. The molecule has 0 aromatic heterocycles. The van der Waals surface area contributed by atoms with Crippen molar-refractivity contribution in [2.45, 2.75) is 32.8 Å². The molecule has 1 aliphatic heterocycles. The largest absolute Gasteiger partial charge is 0.481 e. The van der Waals surface area contributed by atoms with Gasteiger partial charge in [-0.25, -0.2) is 0 Å². The molecule has 0 aromatic carbocycles. The van der Waals surface area contributed by atoms with E-state index in [0.29, 0.717) is 32.2 Å². The number of rotatable bonds is 6. The lowest BCUT2D eigenvalue weighted by Gasteiger charge is -2.34. The van der Waals surface area contributed by atoms with E-state index in [1.54, 1.807) is 4.90 Å². The maximum absolute atomic E-state index is 12.3. The number of carboxylic acids is 1. The third-order valence-electron chi connectivity index (χ3n) is 3.24. The standard InChI is InChI=1S/C13H24N2O4/c1-9(2)5-10(7-14)13(18)15-3-4-19-11(8-15)6-12(16)17/h9-11H,3-8,14H2,1-2H3,(H,16,17). The summed E-state index contributed by atoms with van der Waals surface area (Å²) in [5.74, 6) is -0.649. The molecular formula is C13H24N2O4. The molecule has 1 saturated heterocycles. The van der Waals surface area contributed by atoms with Crippen LogP contribution in [0.3, 0.4) is 0 Å². The molecule has 2 unspecified atom stereocenters. The molecular weight excluding hydrogens is 248 g/mol. The Labute approximate surface area is 113 Å². The predicted molar refractivity (Wildman–Crippen MR) is 70.6 cm³/mol. The fourth-order valence-corrected chi connectivity index (χ4v) is 2.36. The Kier molecular flexibility index (Phi) is 6.24. The highest BCUT2D eigenvalue weighted by Gasteiger charge is 2.29. The third-order valence-corrected chi connectivity index (χ3v) is 3.24. The molecule has 1 amide bonds. The number of carboxylic acid groups (broad SMARTS) is 1. The Morgan fingerprint density at radius 3 is 2.68 bits per heavy atom. The molecule has 1 rings (SSSR count). The predicted octanol–water partition coefficient (Wildman–Crippen LogP) is 0.310. The van der Waals surface area contributed by atoms with Gasteiger partial charge in [-0.2, -0.15) is 0 Å². The van der Waals surface area contributed by atoms with Crippen molar-refractivity contribution in [2.24, 2.45) is 17.6 Å². The van der Waals surface area contributed by atoms with Gasteiger partial charge in [0, 0.05) is 19.6 Å². The Bertz CT molecular complexity index is 320. The summed E-state index contributed by atoms with van der Waals surface area (Å²) in [6, 6.07) is 0. The van der Waals surface area contributed by atoms with Gasteiger partial charge in [0.2, 0.25) is 5.91 Å². The van der Waals surface area contributed by atoms with Crippen LogP contribution in [0.25, 0.3) is 0 Å². The molecule has 19 heavy (non-hydrogen) atoms. The quantitative estimate of drug-likeness (QED) is 0.726. The molecule has 0 aromatic rings. The lowest BCUT2D eigenvalue weighted by Crippen LogP contribution is -2.49. The van der Waals surface area contributed by atoms with Crippen LogP contribution in [0.4, 0.5) is 0 Å². The molecule has 6 heteroatoms. The maximum atomic E-state index is 12.3. The molecule has 6 nitrogen and oxygen atoms in total. The first-order valence-corrected chi connectivity index (χ1v) is 6.76. The van der Waals surface area contributed by atoms with Crippen LogP contribution in [0.5, 0.6) is 0 Å². The summed E-state index contributed by atoms with van der Waals surface area (Å²) in [5, 5.41) is 8.76. The van der Waals surface area contributed by atoms with Crippen molar-refractivity contribution >= 4 is 11.9 Å². The van der Waals surface area contributed by atoms with Crippen LogP contribution in [0.15, 0.2) is 0 Å². The van der Waals surface area contributed by atoms with Crippen LogP contribution in [-0.4, -0.2) is 54.2 Å². The summed E-state index contributed by atoms with van der Waals surface area (Å²) >= 11 is 0. The van der Waals surface area contributed by atoms with Crippen molar-refractivity contribution in [1.82, 2.24) is 4.90 Å². The fourth-order valence-electron chi connectivity index (χ4n) is 2.36. The zero-order valence-corrected chi connectivity index (χ0v) is 11.7. The number of amides is 1. The number of hydrogen-bond donors (Lipinski definition) is 2. The van der Waals surface area contributed by atoms with Gasteiger partial charge in [-0.05, 0) is 12.3 Å². The molecule has 1 heterocycles. The normalized spacial score (nSPS) is 21.5. The Hall–Kier alpha value is -1.14. The van der Waals surface area contributed by atoms with E-state index in [0.717, 1.165) is 6.42 Å². The summed E-state index contributed by atoms with van der Waals surface area (Å²) in [6.07, 6.45) is 0.282. The van der Waals surface area contributed by atoms with Gasteiger partial charge in [0.15, 0.2) is 0 Å². The number of aliphatic carboxylic acids is 1. The van der Waals surface area contributed by atoms with Gasteiger partial charge in [-0.1, -0.05) is 13.8 Å². The lowest BCUT2D eigenvalue weighted by atomic mass is 9.95. The van der Waals surface area contributed by atoms with E-state index in [9.17, 15) is 9.59 Å². The zero-order valence-electron chi connectivity index (χ0n) is 11.7. The second-order valence-electron chi connectivity index (χ2n) is 5.44. The molecule has 3 N–H and O–H groups in total. The molecule has 2 atom stereocenters. The second kappa shape index (κ2) is 7.45. The smallest absolute Gasteiger partial charge is 0.306 e. The SMILES string of the molecule is CC(C)CC(CN)C(=O)N1CCOC(CC(=O)O)C1. The van der Waals surface area contributed by atoms with E-state index < -0.39 is 12.1 Å². The van der Waals surface area contributed by atoms with E-state index >= 15 is 0 Å². The van der Waals surface area contributed by atoms with Gasteiger partial charge < -0.3 is 20.5 Å². The van der Waals surface area contributed by atoms with Crippen molar-refractivity contribution in [3.63, 3.8) is 0 Å². The summed E-state index contributed by atoms with van der Waals surface area (Å²) in [6.45, 7) is 5.70. The fraction of sp³-hybridized carbons (Fsp3) is 0.846. The molecule has 110 valence electrons. The molecule has 0 spiro atoms. The average molecular weight is 272 g/mol. The summed E-state index contributed by atoms with van der Waals surface area (Å²) in [4.78, 5) is 24.7. The van der Waals surface area contributed by atoms with Gasteiger partial charge in [0.25, 0.3) is 0 Å². The highest BCUT2D eigenvalue weighted by atomic mass is 16.5. The van der Waals surface area contributed by atoms with Gasteiger partial charge in [-0.3, -0.25) is 9.59 Å². The van der Waals surface area contributed by atoms with Gasteiger partial charge >= 0.3 is 5.97 Å². The minimum absolute atomic E-state index is 0.0230. The number of morpholine rings is 1. The highest BCUT2D eigenvalue weighted by molar-refractivity contribution is 5.79. The van der Waals surface area contributed by atoms with Crippen molar-refractivity contribution in [2.75, 3.05) is 26.2 Å². The summed E-state index contributed by atoms with van der Waals surface area (Å²) < 4.78 is 5.36. The minimum Gasteiger partial charge on any atom is -0.481 e. The van der Waals surface area contributed by atoms with E-state index in [1.807, 2.05) is 0 Å². The first-order chi connectivity index (χ1) is 8.93. The number of hydrogen-bond acceptors (Lipinski definition) is 4. The Balaban J connectivity index is 2.57. The van der Waals surface area contributed by atoms with Gasteiger partial charge in [0.1, 0.15) is 0 Å². The molecule has 0 saturated carbocycles. The molecule has 0 bridgehead atoms. The van der Waals surface area contributed by atoms with Crippen molar-refractivity contribution < 1.29 is 19.4 Å². The average Bonchev–Trinajstić information content (AvgIpc) is 2.34. The third kappa shape index (κ3) is 5.16. The van der Waals surface area contributed by atoms with Crippen molar-refractivity contribution in [1.29, 1.82) is 0 Å². The zero-order chi connectivity index (χ0) is 14.4. The number of carbonyl (C=O) groups excluding carboxylic acids is 1. The van der Waals surface area contributed by atoms with Crippen LogP contribution < -0.4 is 5.73 Å². The first-order valence-electron chi connectivity index (χ1n) is 6.76. The number of nitrogens with zero attached hydrogens (tertiary/aromatic N) is 1. The lowest BCUT2D eigenvalue weighted by molar-refractivity contribution is -0.150. The van der Waals surface area contributed by atoms with E-state index in [4.69, 9.17) is 15.6 Å². The van der Waals surface area contributed by atoms with E-state index in [-0.39, 0.29) is 18.2 Å². The van der Waals surface area contributed by atoms with Crippen LogP contribution in [0.2, 0.25) is 0 Å². The Morgan fingerprint density at radius 2 is 2.16 bits per heavy atom. The minimum atomic E-state index is -0.906. The first kappa shape index (κ1) is 15.9. The topological polar surface area (TPSA) is 92.9 Å². The van der Waals surface area contributed by atoms with Crippen LogP contribution in [0.1, 0.15) is 26.7 Å². The number of ether oxygens (including phenoxy) is 1. The van der Waals surface area contributed by atoms with Gasteiger partial charge in [-0.15, -0.1) is 0 Å². The number of carbonyl (C=O) groups is 2. The van der Waals surface area contributed by atoms with E-state index in [2.05, 4.69) is 13.8 Å². The van der Waals surface area contributed by atoms with Crippen molar-refractivity contribution in [3.8, 4) is 0 Å². The molecule has 0 radical (unpaired) electrons. The highest BCUT2D eigenvalue weighted by Crippen LogP contribution is 2.17. The number of nitrogens with two attached hydrogens (primary N) is 1. The molecule has 1 fully saturated rings. The Morgan fingerprint density at radius 1 is 1.47 bits per heavy atom.